The van der Waals surface area contributed by atoms with Crippen LogP contribution in [0.2, 0.25) is 0 Å². The summed E-state index contributed by atoms with van der Waals surface area (Å²) in [6, 6.07) is 0.687. The van der Waals surface area contributed by atoms with Gasteiger partial charge in [0, 0.05) is 12.6 Å². The maximum atomic E-state index is 3.83. The first-order chi connectivity index (χ1) is 9.19. The summed E-state index contributed by atoms with van der Waals surface area (Å²) in [4.78, 5) is 5.07. The van der Waals surface area contributed by atoms with Crippen LogP contribution in [0.5, 0.6) is 0 Å². The fourth-order valence-electron chi connectivity index (χ4n) is 3.64. The molecule has 0 aliphatic carbocycles. The number of rotatable bonds is 5. The van der Waals surface area contributed by atoms with Crippen LogP contribution in [0, 0.1) is 11.8 Å². The highest BCUT2D eigenvalue weighted by Crippen LogP contribution is 2.20. The third-order valence-electron chi connectivity index (χ3n) is 5.25. The van der Waals surface area contributed by atoms with Gasteiger partial charge in [0.15, 0.2) is 0 Å². The number of hydrogen-bond donors (Lipinski definition) is 1. The van der Waals surface area contributed by atoms with E-state index in [9.17, 15) is 0 Å². The molecular weight excluding hydrogens is 234 g/mol. The molecule has 2 unspecified atom stereocenters. The fourth-order valence-corrected chi connectivity index (χ4v) is 3.64. The molecule has 2 fully saturated rings. The number of hydrogen-bond acceptors (Lipinski definition) is 3. The van der Waals surface area contributed by atoms with Crippen molar-refractivity contribution in [3.63, 3.8) is 0 Å². The zero-order chi connectivity index (χ0) is 13.7. The molecular formula is C16H33N3. The molecule has 0 spiro atoms. The molecule has 2 heterocycles. The standard InChI is InChI=1S/C16H33N3/c1-4-19-10-7-15(8-11-19)12-17-14(2)16-6-5-9-18(3)13-16/h14-17H,4-13H2,1-3H3. The summed E-state index contributed by atoms with van der Waals surface area (Å²) < 4.78 is 0. The first kappa shape index (κ1) is 15.3. The Balaban J connectivity index is 1.64. The van der Waals surface area contributed by atoms with Crippen LogP contribution < -0.4 is 5.32 Å². The molecule has 19 heavy (non-hydrogen) atoms. The van der Waals surface area contributed by atoms with Gasteiger partial charge in [-0.1, -0.05) is 6.92 Å². The molecule has 2 aliphatic heterocycles. The van der Waals surface area contributed by atoms with Crippen LogP contribution in [0.1, 0.15) is 39.5 Å². The SMILES string of the molecule is CCN1CCC(CNC(C)C2CCCN(C)C2)CC1. The molecule has 2 atom stereocenters. The largest absolute Gasteiger partial charge is 0.314 e. The number of piperidine rings is 2. The Morgan fingerprint density at radius 1 is 1.16 bits per heavy atom. The average Bonchev–Trinajstić information content (AvgIpc) is 2.45. The second kappa shape index (κ2) is 7.61. The highest BCUT2D eigenvalue weighted by molar-refractivity contribution is 4.81. The summed E-state index contributed by atoms with van der Waals surface area (Å²) in [5, 5.41) is 3.83. The molecule has 0 aromatic rings. The molecule has 0 amide bonds. The van der Waals surface area contributed by atoms with Crippen LogP contribution >= 0.6 is 0 Å². The van der Waals surface area contributed by atoms with Gasteiger partial charge in [-0.15, -0.1) is 0 Å². The van der Waals surface area contributed by atoms with E-state index in [1.807, 2.05) is 0 Å². The minimum absolute atomic E-state index is 0.687. The van der Waals surface area contributed by atoms with Gasteiger partial charge < -0.3 is 15.1 Å². The van der Waals surface area contributed by atoms with Crippen LogP contribution in [0.25, 0.3) is 0 Å². The lowest BCUT2D eigenvalue weighted by Crippen LogP contribution is -2.45. The smallest absolute Gasteiger partial charge is 0.00793 e. The minimum Gasteiger partial charge on any atom is -0.314 e. The molecule has 0 saturated carbocycles. The fraction of sp³-hybridized carbons (Fsp3) is 1.00. The van der Waals surface area contributed by atoms with Crippen LogP contribution in [0.3, 0.4) is 0 Å². The normalized spacial score (nSPS) is 29.5. The van der Waals surface area contributed by atoms with Gasteiger partial charge in [-0.2, -0.15) is 0 Å². The maximum Gasteiger partial charge on any atom is 0.00793 e. The second-order valence-corrected chi connectivity index (χ2v) is 6.74. The van der Waals surface area contributed by atoms with Gasteiger partial charge in [-0.05, 0) is 84.2 Å². The van der Waals surface area contributed by atoms with Crippen molar-refractivity contribution in [2.24, 2.45) is 11.8 Å². The van der Waals surface area contributed by atoms with Crippen molar-refractivity contribution in [2.75, 3.05) is 46.3 Å². The summed E-state index contributed by atoms with van der Waals surface area (Å²) in [6.07, 6.45) is 5.56. The van der Waals surface area contributed by atoms with Crippen LogP contribution in [-0.2, 0) is 0 Å². The Labute approximate surface area is 119 Å². The Kier molecular flexibility index (Phi) is 6.11. The Hall–Kier alpha value is -0.120. The molecule has 3 heteroatoms. The average molecular weight is 267 g/mol. The van der Waals surface area contributed by atoms with Crippen LogP contribution in [0.15, 0.2) is 0 Å². The predicted octanol–water partition coefficient (Wildman–Crippen LogP) is 2.04. The van der Waals surface area contributed by atoms with Gasteiger partial charge in [0.25, 0.3) is 0 Å². The first-order valence-electron chi connectivity index (χ1n) is 8.33. The molecule has 2 aliphatic rings. The van der Waals surface area contributed by atoms with Gasteiger partial charge in [0.05, 0.1) is 0 Å². The zero-order valence-electron chi connectivity index (χ0n) is 13.2. The minimum atomic E-state index is 0.687. The van der Waals surface area contributed by atoms with Gasteiger partial charge >= 0.3 is 0 Å². The Morgan fingerprint density at radius 2 is 1.89 bits per heavy atom. The van der Waals surface area contributed by atoms with Crippen molar-refractivity contribution in [1.29, 1.82) is 0 Å². The first-order valence-corrected chi connectivity index (χ1v) is 8.33. The molecule has 0 aromatic heterocycles. The van der Waals surface area contributed by atoms with E-state index in [-0.39, 0.29) is 0 Å². The summed E-state index contributed by atoms with van der Waals surface area (Å²) in [7, 11) is 2.26. The Bertz CT molecular complexity index is 248. The second-order valence-electron chi connectivity index (χ2n) is 6.74. The van der Waals surface area contributed by atoms with Crippen molar-refractivity contribution in [1.82, 2.24) is 15.1 Å². The van der Waals surface area contributed by atoms with E-state index in [2.05, 4.69) is 36.0 Å². The molecule has 0 aromatic carbocycles. The van der Waals surface area contributed by atoms with Crippen molar-refractivity contribution >= 4 is 0 Å². The lowest BCUT2D eigenvalue weighted by atomic mass is 9.90. The van der Waals surface area contributed by atoms with Crippen molar-refractivity contribution in [2.45, 2.75) is 45.6 Å². The topological polar surface area (TPSA) is 18.5 Å². The number of nitrogens with zero attached hydrogens (tertiary/aromatic N) is 2. The highest BCUT2D eigenvalue weighted by atomic mass is 15.1. The van der Waals surface area contributed by atoms with Crippen LogP contribution in [0.4, 0.5) is 0 Å². The third-order valence-corrected chi connectivity index (χ3v) is 5.25. The van der Waals surface area contributed by atoms with Crippen LogP contribution in [-0.4, -0.2) is 62.2 Å². The van der Waals surface area contributed by atoms with Crippen molar-refractivity contribution in [3.05, 3.63) is 0 Å². The molecule has 2 rings (SSSR count). The lowest BCUT2D eigenvalue weighted by molar-refractivity contribution is 0.161. The summed E-state index contributed by atoms with van der Waals surface area (Å²) in [5.41, 5.74) is 0. The Morgan fingerprint density at radius 3 is 2.53 bits per heavy atom. The quantitative estimate of drug-likeness (QED) is 0.822. The van der Waals surface area contributed by atoms with E-state index < -0.39 is 0 Å². The predicted molar refractivity (Wildman–Crippen MR) is 82.5 cm³/mol. The molecule has 112 valence electrons. The van der Waals surface area contributed by atoms with Crippen molar-refractivity contribution in [3.8, 4) is 0 Å². The van der Waals surface area contributed by atoms with E-state index in [1.54, 1.807) is 0 Å². The summed E-state index contributed by atoms with van der Waals surface area (Å²) in [6.45, 7) is 12.3. The van der Waals surface area contributed by atoms with Gasteiger partial charge in [0.2, 0.25) is 0 Å². The van der Waals surface area contributed by atoms with Gasteiger partial charge in [0.1, 0.15) is 0 Å². The maximum absolute atomic E-state index is 3.83. The molecule has 3 nitrogen and oxygen atoms in total. The summed E-state index contributed by atoms with van der Waals surface area (Å²) in [5.74, 6) is 1.76. The lowest BCUT2D eigenvalue weighted by Gasteiger charge is -2.36. The highest BCUT2D eigenvalue weighted by Gasteiger charge is 2.24. The van der Waals surface area contributed by atoms with E-state index >= 15 is 0 Å². The zero-order valence-corrected chi connectivity index (χ0v) is 13.2. The molecule has 0 radical (unpaired) electrons. The number of likely N-dealkylation sites (tertiary alicyclic amines) is 2. The van der Waals surface area contributed by atoms with Crippen molar-refractivity contribution < 1.29 is 0 Å². The van der Waals surface area contributed by atoms with E-state index in [4.69, 9.17) is 0 Å². The van der Waals surface area contributed by atoms with E-state index in [1.165, 1.54) is 65.0 Å². The van der Waals surface area contributed by atoms with E-state index in [0.717, 1.165) is 11.8 Å². The monoisotopic (exact) mass is 267 g/mol. The molecule has 1 N–H and O–H groups in total. The molecule has 0 bridgehead atoms. The molecule has 2 saturated heterocycles. The van der Waals surface area contributed by atoms with E-state index in [0.29, 0.717) is 6.04 Å². The third kappa shape index (κ3) is 4.73. The number of nitrogens with one attached hydrogen (secondary N) is 1. The van der Waals surface area contributed by atoms with Gasteiger partial charge in [-0.3, -0.25) is 0 Å². The van der Waals surface area contributed by atoms with Gasteiger partial charge in [-0.25, -0.2) is 0 Å². The summed E-state index contributed by atoms with van der Waals surface area (Å²) >= 11 is 0.